The van der Waals surface area contributed by atoms with E-state index in [1.807, 2.05) is 13.8 Å². The Bertz CT molecular complexity index is 793. The third-order valence-corrected chi connectivity index (χ3v) is 4.76. The van der Waals surface area contributed by atoms with Gasteiger partial charge >= 0.3 is 0 Å². The highest BCUT2D eigenvalue weighted by atomic mass is 32.1. The average molecular weight is 410 g/mol. The molecule has 2 rings (SSSR count). The molecule has 0 radical (unpaired) electrons. The molecule has 2 aromatic rings. The molecule has 3 N–H and O–H groups in total. The van der Waals surface area contributed by atoms with E-state index >= 15 is 0 Å². The van der Waals surface area contributed by atoms with Crippen LogP contribution in [0.3, 0.4) is 0 Å². The maximum Gasteiger partial charge on any atom is 0.248 e. The summed E-state index contributed by atoms with van der Waals surface area (Å²) in [4.78, 5) is 29.9. The number of carbonyl (C=O) groups is 2. The van der Waals surface area contributed by atoms with E-state index < -0.39 is 23.6 Å². The number of hydrogen-bond donors (Lipinski definition) is 3. The lowest BCUT2D eigenvalue weighted by atomic mass is 10.1. The fraction of sp³-hybridized carbons (Fsp3) is 0.421. The fourth-order valence-corrected chi connectivity index (χ4v) is 3.37. The molecule has 0 saturated heterocycles. The smallest absolute Gasteiger partial charge is 0.248 e. The second-order valence-corrected chi connectivity index (χ2v) is 7.38. The Kier molecular flexibility index (Phi) is 8.46. The summed E-state index contributed by atoms with van der Waals surface area (Å²) in [6, 6.07) is 2.18. The van der Waals surface area contributed by atoms with Crippen LogP contribution in [0.25, 0.3) is 0 Å². The predicted octanol–water partition coefficient (Wildman–Crippen LogP) is 3.00. The number of nitrogens with one attached hydrogen (secondary N) is 3. The normalized spacial score (nSPS) is 11.9. The molecule has 0 unspecified atom stereocenters. The van der Waals surface area contributed by atoms with Crippen LogP contribution in [-0.4, -0.2) is 29.4 Å². The molecule has 0 fully saturated rings. The third kappa shape index (κ3) is 6.97. The van der Waals surface area contributed by atoms with Gasteiger partial charge in [-0.1, -0.05) is 20.3 Å². The van der Waals surface area contributed by atoms with E-state index in [2.05, 4.69) is 20.9 Å². The summed E-state index contributed by atoms with van der Waals surface area (Å²) in [5, 5.41) is 8.99. The van der Waals surface area contributed by atoms with Gasteiger partial charge in [-0.3, -0.25) is 9.59 Å². The van der Waals surface area contributed by atoms with E-state index in [0.29, 0.717) is 24.5 Å². The first-order valence-electron chi connectivity index (χ1n) is 9.11. The first-order chi connectivity index (χ1) is 13.4. The Morgan fingerprint density at radius 2 is 1.89 bits per heavy atom. The summed E-state index contributed by atoms with van der Waals surface area (Å²) in [7, 11) is 0. The van der Waals surface area contributed by atoms with Crippen molar-refractivity contribution in [2.24, 2.45) is 0 Å². The largest absolute Gasteiger partial charge is 0.344 e. The first-order valence-corrected chi connectivity index (χ1v) is 9.93. The van der Waals surface area contributed by atoms with Crippen molar-refractivity contribution < 1.29 is 18.4 Å². The second kappa shape index (κ2) is 10.8. The molecular weight excluding hydrogens is 386 g/mol. The van der Waals surface area contributed by atoms with Gasteiger partial charge in [0, 0.05) is 23.7 Å². The number of anilines is 1. The molecule has 1 atom stereocenters. The van der Waals surface area contributed by atoms with Gasteiger partial charge < -0.3 is 16.0 Å². The average Bonchev–Trinajstić information content (AvgIpc) is 3.05. The number of nitrogens with zero attached hydrogens (tertiary/aromatic N) is 1. The Balaban J connectivity index is 1.96. The Morgan fingerprint density at radius 3 is 2.54 bits per heavy atom. The van der Waals surface area contributed by atoms with Crippen molar-refractivity contribution in [3.63, 3.8) is 0 Å². The SMILES string of the molecule is CCC[C@H](NC(=O)Cc1cc(F)cc(F)c1)C(=O)Nc1ncc(CNCC)s1. The highest BCUT2D eigenvalue weighted by Crippen LogP contribution is 2.18. The highest BCUT2D eigenvalue weighted by molar-refractivity contribution is 7.15. The summed E-state index contributed by atoms with van der Waals surface area (Å²) < 4.78 is 26.5. The Hall–Kier alpha value is -2.39. The van der Waals surface area contributed by atoms with E-state index in [1.165, 1.54) is 11.3 Å². The van der Waals surface area contributed by atoms with Crippen LogP contribution in [-0.2, 0) is 22.6 Å². The number of rotatable bonds is 10. The highest BCUT2D eigenvalue weighted by Gasteiger charge is 2.21. The van der Waals surface area contributed by atoms with Crippen LogP contribution in [0.15, 0.2) is 24.4 Å². The molecule has 1 heterocycles. The van der Waals surface area contributed by atoms with Crippen LogP contribution in [0, 0.1) is 11.6 Å². The molecule has 1 aromatic heterocycles. The molecule has 0 saturated carbocycles. The van der Waals surface area contributed by atoms with Gasteiger partial charge in [0.15, 0.2) is 5.13 Å². The lowest BCUT2D eigenvalue weighted by Gasteiger charge is -2.17. The zero-order valence-corrected chi connectivity index (χ0v) is 16.7. The molecule has 0 aliphatic carbocycles. The number of aromatic nitrogens is 1. The maximum absolute atomic E-state index is 13.3. The van der Waals surface area contributed by atoms with Crippen molar-refractivity contribution in [1.29, 1.82) is 0 Å². The fourth-order valence-electron chi connectivity index (χ4n) is 2.59. The minimum atomic E-state index is -0.753. The minimum absolute atomic E-state index is 0.207. The quantitative estimate of drug-likeness (QED) is 0.562. The van der Waals surface area contributed by atoms with Gasteiger partial charge in [-0.2, -0.15) is 0 Å². The van der Waals surface area contributed by atoms with Crippen molar-refractivity contribution in [1.82, 2.24) is 15.6 Å². The van der Waals surface area contributed by atoms with E-state index in [-0.39, 0.29) is 17.9 Å². The molecule has 0 spiro atoms. The van der Waals surface area contributed by atoms with E-state index in [1.54, 1.807) is 6.20 Å². The van der Waals surface area contributed by atoms with Crippen LogP contribution in [0.1, 0.15) is 37.1 Å². The van der Waals surface area contributed by atoms with E-state index in [0.717, 1.165) is 29.6 Å². The molecular formula is C19H24F2N4O2S. The zero-order valence-electron chi connectivity index (χ0n) is 15.9. The van der Waals surface area contributed by atoms with E-state index in [4.69, 9.17) is 0 Å². The van der Waals surface area contributed by atoms with Gasteiger partial charge in [-0.05, 0) is 30.7 Å². The summed E-state index contributed by atoms with van der Waals surface area (Å²) >= 11 is 1.36. The van der Waals surface area contributed by atoms with Gasteiger partial charge in [0.05, 0.1) is 6.42 Å². The Morgan fingerprint density at radius 1 is 1.18 bits per heavy atom. The number of halogens is 2. The van der Waals surface area contributed by atoms with Crippen LogP contribution >= 0.6 is 11.3 Å². The molecule has 0 aliphatic rings. The molecule has 2 amide bonds. The second-order valence-electron chi connectivity index (χ2n) is 6.26. The van der Waals surface area contributed by atoms with Crippen molar-refractivity contribution >= 4 is 28.3 Å². The topological polar surface area (TPSA) is 83.1 Å². The standard InChI is InChI=1S/C19H24F2N4O2S/c1-3-5-16(18(27)25-19-23-11-15(28-19)10-22-4-2)24-17(26)8-12-6-13(20)9-14(21)7-12/h6-7,9,11,16,22H,3-5,8,10H2,1-2H3,(H,24,26)(H,23,25,27)/t16-/m0/s1. The first kappa shape index (κ1) is 21.9. The van der Waals surface area contributed by atoms with Gasteiger partial charge in [-0.25, -0.2) is 13.8 Å². The maximum atomic E-state index is 13.3. The number of hydrogen-bond acceptors (Lipinski definition) is 5. The monoisotopic (exact) mass is 410 g/mol. The molecule has 0 aliphatic heterocycles. The van der Waals surface area contributed by atoms with Gasteiger partial charge in [-0.15, -0.1) is 11.3 Å². The molecule has 6 nitrogen and oxygen atoms in total. The lowest BCUT2D eigenvalue weighted by Crippen LogP contribution is -2.44. The van der Waals surface area contributed by atoms with Crippen LogP contribution in [0.5, 0.6) is 0 Å². The van der Waals surface area contributed by atoms with Crippen LogP contribution < -0.4 is 16.0 Å². The van der Waals surface area contributed by atoms with Crippen molar-refractivity contribution in [3.8, 4) is 0 Å². The summed E-state index contributed by atoms with van der Waals surface area (Å²) in [6.07, 6.45) is 2.59. The lowest BCUT2D eigenvalue weighted by molar-refractivity contribution is -0.126. The van der Waals surface area contributed by atoms with Crippen molar-refractivity contribution in [3.05, 3.63) is 46.5 Å². The molecule has 28 heavy (non-hydrogen) atoms. The van der Waals surface area contributed by atoms with E-state index in [9.17, 15) is 18.4 Å². The molecule has 152 valence electrons. The van der Waals surface area contributed by atoms with Crippen molar-refractivity contribution in [2.75, 3.05) is 11.9 Å². The van der Waals surface area contributed by atoms with Gasteiger partial charge in [0.2, 0.25) is 11.8 Å². The van der Waals surface area contributed by atoms with Crippen molar-refractivity contribution in [2.45, 2.75) is 45.7 Å². The number of carbonyl (C=O) groups excluding carboxylic acids is 2. The summed E-state index contributed by atoms with van der Waals surface area (Å²) in [6.45, 7) is 5.40. The number of thiazole rings is 1. The van der Waals surface area contributed by atoms with Gasteiger partial charge in [0.25, 0.3) is 0 Å². The van der Waals surface area contributed by atoms with Crippen LogP contribution in [0.4, 0.5) is 13.9 Å². The zero-order chi connectivity index (χ0) is 20.5. The molecule has 1 aromatic carbocycles. The minimum Gasteiger partial charge on any atom is -0.344 e. The number of amides is 2. The van der Waals surface area contributed by atoms with Crippen LogP contribution in [0.2, 0.25) is 0 Å². The summed E-state index contributed by atoms with van der Waals surface area (Å²) in [5.74, 6) is -2.35. The predicted molar refractivity (Wildman–Crippen MR) is 105 cm³/mol. The molecule has 0 bridgehead atoms. The Labute approximate surface area is 166 Å². The van der Waals surface area contributed by atoms with Gasteiger partial charge in [0.1, 0.15) is 17.7 Å². The molecule has 9 heteroatoms. The number of benzene rings is 1. The summed E-state index contributed by atoms with van der Waals surface area (Å²) in [5.41, 5.74) is 0.207. The third-order valence-electron chi connectivity index (χ3n) is 3.85.